The summed E-state index contributed by atoms with van der Waals surface area (Å²) in [5, 5.41) is 3.28. The second kappa shape index (κ2) is 9.08. The Bertz CT molecular complexity index is 762. The van der Waals surface area contributed by atoms with E-state index in [-0.39, 0.29) is 0 Å². The van der Waals surface area contributed by atoms with Gasteiger partial charge in [0, 0.05) is 17.2 Å². The predicted molar refractivity (Wildman–Crippen MR) is 103 cm³/mol. The molecule has 0 radical (unpaired) electrons. The Kier molecular flexibility index (Phi) is 6.29. The van der Waals surface area contributed by atoms with Crippen molar-refractivity contribution in [2.75, 3.05) is 18.5 Å². The standard InChI is InChI=1S/C20H19BrN2O2/c21-17-6-10-19(11-7-17)25-14-13-24-18-8-4-16(5-9-18)15-23-20-3-1-2-12-22-20/h1-12H,13-15H2,(H,22,23). The van der Waals surface area contributed by atoms with Crippen LogP contribution in [0.2, 0.25) is 0 Å². The number of nitrogens with one attached hydrogen (secondary N) is 1. The van der Waals surface area contributed by atoms with Gasteiger partial charge in [0.2, 0.25) is 0 Å². The normalized spacial score (nSPS) is 10.3. The zero-order valence-corrected chi connectivity index (χ0v) is 15.3. The molecular weight excluding hydrogens is 380 g/mol. The first-order chi connectivity index (χ1) is 12.3. The van der Waals surface area contributed by atoms with Crippen LogP contribution in [0.15, 0.2) is 77.4 Å². The predicted octanol–water partition coefficient (Wildman–Crippen LogP) is 4.91. The van der Waals surface area contributed by atoms with E-state index < -0.39 is 0 Å². The molecule has 0 unspecified atom stereocenters. The molecule has 0 atom stereocenters. The molecule has 5 heteroatoms. The summed E-state index contributed by atoms with van der Waals surface area (Å²) in [6.07, 6.45) is 1.77. The summed E-state index contributed by atoms with van der Waals surface area (Å²) in [6, 6.07) is 21.6. The topological polar surface area (TPSA) is 43.4 Å². The van der Waals surface area contributed by atoms with Crippen molar-refractivity contribution in [3.63, 3.8) is 0 Å². The first-order valence-corrected chi connectivity index (χ1v) is 8.84. The molecular formula is C20H19BrN2O2. The molecule has 0 bridgehead atoms. The third-order valence-corrected chi connectivity index (χ3v) is 4.02. The van der Waals surface area contributed by atoms with Crippen LogP contribution in [-0.4, -0.2) is 18.2 Å². The van der Waals surface area contributed by atoms with E-state index in [0.717, 1.165) is 28.3 Å². The number of nitrogens with zero attached hydrogens (tertiary/aromatic N) is 1. The van der Waals surface area contributed by atoms with Gasteiger partial charge in [-0.15, -0.1) is 0 Å². The van der Waals surface area contributed by atoms with Gasteiger partial charge < -0.3 is 14.8 Å². The van der Waals surface area contributed by atoms with Crippen LogP contribution in [0.25, 0.3) is 0 Å². The number of ether oxygens (including phenoxy) is 2. The first-order valence-electron chi connectivity index (χ1n) is 8.04. The second-order valence-electron chi connectivity index (χ2n) is 5.36. The van der Waals surface area contributed by atoms with Gasteiger partial charge >= 0.3 is 0 Å². The minimum Gasteiger partial charge on any atom is -0.490 e. The first kappa shape index (κ1) is 17.3. The Morgan fingerprint density at radius 3 is 2.04 bits per heavy atom. The maximum atomic E-state index is 5.70. The van der Waals surface area contributed by atoms with Crippen LogP contribution in [0, 0.1) is 0 Å². The summed E-state index contributed by atoms with van der Waals surface area (Å²) in [4.78, 5) is 4.24. The molecule has 1 aromatic heterocycles. The van der Waals surface area contributed by atoms with E-state index in [1.807, 2.05) is 66.7 Å². The average Bonchev–Trinajstić information content (AvgIpc) is 2.67. The Hall–Kier alpha value is -2.53. The van der Waals surface area contributed by atoms with Crippen LogP contribution in [0.5, 0.6) is 11.5 Å². The van der Waals surface area contributed by atoms with E-state index in [2.05, 4.69) is 26.2 Å². The Morgan fingerprint density at radius 2 is 1.44 bits per heavy atom. The molecule has 0 aliphatic heterocycles. The molecule has 128 valence electrons. The highest BCUT2D eigenvalue weighted by Gasteiger charge is 1.98. The van der Waals surface area contributed by atoms with Crippen LogP contribution in [0.3, 0.4) is 0 Å². The zero-order valence-electron chi connectivity index (χ0n) is 13.7. The Morgan fingerprint density at radius 1 is 0.800 bits per heavy atom. The number of anilines is 1. The van der Waals surface area contributed by atoms with Crippen molar-refractivity contribution in [2.45, 2.75) is 6.54 Å². The SMILES string of the molecule is Brc1ccc(OCCOc2ccc(CNc3ccccn3)cc2)cc1. The molecule has 0 saturated carbocycles. The second-order valence-corrected chi connectivity index (χ2v) is 6.28. The zero-order chi connectivity index (χ0) is 17.3. The Balaban J connectivity index is 1.39. The quantitative estimate of drug-likeness (QED) is 0.547. The van der Waals surface area contributed by atoms with Crippen LogP contribution >= 0.6 is 15.9 Å². The third-order valence-electron chi connectivity index (χ3n) is 3.50. The van der Waals surface area contributed by atoms with E-state index in [4.69, 9.17) is 9.47 Å². The number of pyridine rings is 1. The van der Waals surface area contributed by atoms with Gasteiger partial charge in [-0.1, -0.05) is 34.1 Å². The van der Waals surface area contributed by atoms with Crippen molar-refractivity contribution in [3.05, 3.63) is 83.0 Å². The molecule has 0 spiro atoms. The van der Waals surface area contributed by atoms with Gasteiger partial charge in [-0.25, -0.2) is 4.98 Å². The van der Waals surface area contributed by atoms with E-state index in [0.29, 0.717) is 13.2 Å². The van der Waals surface area contributed by atoms with Gasteiger partial charge in [0.05, 0.1) is 0 Å². The van der Waals surface area contributed by atoms with Crippen molar-refractivity contribution >= 4 is 21.7 Å². The molecule has 2 aromatic carbocycles. The van der Waals surface area contributed by atoms with Crippen LogP contribution < -0.4 is 14.8 Å². The molecule has 3 rings (SSSR count). The van der Waals surface area contributed by atoms with Crippen LogP contribution in [-0.2, 0) is 6.54 Å². The molecule has 0 amide bonds. The average molecular weight is 399 g/mol. The number of benzene rings is 2. The van der Waals surface area contributed by atoms with Gasteiger partial charge in [0.15, 0.2) is 0 Å². The fourth-order valence-corrected chi connectivity index (χ4v) is 2.48. The molecule has 25 heavy (non-hydrogen) atoms. The monoisotopic (exact) mass is 398 g/mol. The smallest absolute Gasteiger partial charge is 0.126 e. The minimum absolute atomic E-state index is 0.502. The molecule has 0 aliphatic carbocycles. The summed E-state index contributed by atoms with van der Waals surface area (Å²) >= 11 is 3.40. The van der Waals surface area contributed by atoms with Gasteiger partial charge in [-0.3, -0.25) is 0 Å². The summed E-state index contributed by atoms with van der Waals surface area (Å²) in [5.74, 6) is 2.54. The number of aromatic nitrogens is 1. The molecule has 4 nitrogen and oxygen atoms in total. The maximum absolute atomic E-state index is 5.70. The molecule has 0 aliphatic rings. The molecule has 0 saturated heterocycles. The summed E-state index contributed by atoms with van der Waals surface area (Å²) in [5.41, 5.74) is 1.17. The van der Waals surface area contributed by atoms with Crippen LogP contribution in [0.1, 0.15) is 5.56 Å². The van der Waals surface area contributed by atoms with E-state index in [1.165, 1.54) is 5.56 Å². The lowest BCUT2D eigenvalue weighted by atomic mass is 10.2. The fraction of sp³-hybridized carbons (Fsp3) is 0.150. The van der Waals surface area contributed by atoms with Gasteiger partial charge in [-0.2, -0.15) is 0 Å². The Labute approximate surface area is 156 Å². The lowest BCUT2D eigenvalue weighted by Crippen LogP contribution is -2.09. The number of rotatable bonds is 8. The number of halogens is 1. The van der Waals surface area contributed by atoms with Crippen molar-refractivity contribution in [1.82, 2.24) is 4.98 Å². The molecule has 0 fully saturated rings. The summed E-state index contributed by atoms with van der Waals surface area (Å²) in [6.45, 7) is 1.73. The van der Waals surface area contributed by atoms with Gasteiger partial charge in [0.1, 0.15) is 30.5 Å². The lowest BCUT2D eigenvalue weighted by Gasteiger charge is -2.09. The van der Waals surface area contributed by atoms with E-state index in [9.17, 15) is 0 Å². The van der Waals surface area contributed by atoms with Crippen molar-refractivity contribution in [2.24, 2.45) is 0 Å². The van der Waals surface area contributed by atoms with Crippen molar-refractivity contribution in [3.8, 4) is 11.5 Å². The van der Waals surface area contributed by atoms with E-state index >= 15 is 0 Å². The molecule has 3 aromatic rings. The minimum atomic E-state index is 0.502. The maximum Gasteiger partial charge on any atom is 0.126 e. The number of hydrogen-bond donors (Lipinski definition) is 1. The largest absolute Gasteiger partial charge is 0.490 e. The fourth-order valence-electron chi connectivity index (χ4n) is 2.21. The lowest BCUT2D eigenvalue weighted by molar-refractivity contribution is 0.217. The summed E-state index contributed by atoms with van der Waals surface area (Å²) in [7, 11) is 0. The number of hydrogen-bond acceptors (Lipinski definition) is 4. The van der Waals surface area contributed by atoms with Crippen molar-refractivity contribution in [1.29, 1.82) is 0 Å². The third kappa shape index (κ3) is 5.80. The van der Waals surface area contributed by atoms with E-state index in [1.54, 1.807) is 6.20 Å². The van der Waals surface area contributed by atoms with Crippen molar-refractivity contribution < 1.29 is 9.47 Å². The highest BCUT2D eigenvalue weighted by atomic mass is 79.9. The van der Waals surface area contributed by atoms with Gasteiger partial charge in [0.25, 0.3) is 0 Å². The van der Waals surface area contributed by atoms with Gasteiger partial charge in [-0.05, 0) is 54.1 Å². The highest BCUT2D eigenvalue weighted by Crippen LogP contribution is 2.16. The summed E-state index contributed by atoms with van der Waals surface area (Å²) < 4.78 is 12.4. The molecule has 1 heterocycles. The molecule has 1 N–H and O–H groups in total. The highest BCUT2D eigenvalue weighted by molar-refractivity contribution is 9.10. The van der Waals surface area contributed by atoms with Crippen LogP contribution in [0.4, 0.5) is 5.82 Å².